The number of esters is 1. The molecule has 0 bridgehead atoms. The molecule has 2 aromatic heterocycles. The van der Waals surface area contributed by atoms with Crippen molar-refractivity contribution in [3.63, 3.8) is 0 Å². The summed E-state index contributed by atoms with van der Waals surface area (Å²) in [5.74, 6) is -0.669. The molecule has 0 aliphatic carbocycles. The largest absolute Gasteiger partial charge is 0.465 e. The minimum Gasteiger partial charge on any atom is -0.465 e. The van der Waals surface area contributed by atoms with Gasteiger partial charge in [-0.25, -0.2) is 4.79 Å². The van der Waals surface area contributed by atoms with E-state index >= 15 is 0 Å². The van der Waals surface area contributed by atoms with Gasteiger partial charge in [-0.15, -0.1) is 0 Å². The molecule has 0 radical (unpaired) electrons. The van der Waals surface area contributed by atoms with Gasteiger partial charge in [0.05, 0.1) is 12.8 Å². The lowest BCUT2D eigenvalue weighted by Crippen LogP contribution is -2.02. The first-order chi connectivity index (χ1) is 9.65. The molecule has 6 nitrogen and oxygen atoms in total. The fourth-order valence-electron chi connectivity index (χ4n) is 1.75. The van der Waals surface area contributed by atoms with Crippen molar-refractivity contribution in [2.24, 2.45) is 7.05 Å². The van der Waals surface area contributed by atoms with Crippen molar-refractivity contribution in [2.45, 2.75) is 0 Å². The van der Waals surface area contributed by atoms with Crippen molar-refractivity contribution >= 4 is 12.0 Å². The smallest absolute Gasteiger partial charge is 0.348 e. The highest BCUT2D eigenvalue weighted by Crippen LogP contribution is 2.23. The van der Waals surface area contributed by atoms with Gasteiger partial charge < -0.3 is 4.74 Å². The lowest BCUT2D eigenvalue weighted by atomic mass is 10.1. The summed E-state index contributed by atoms with van der Waals surface area (Å²) in [5.41, 5.74) is 2.12. The minimum atomic E-state index is -0.669. The maximum Gasteiger partial charge on any atom is 0.348 e. The van der Waals surface area contributed by atoms with Crippen molar-refractivity contribution in [1.82, 2.24) is 14.8 Å². The molecule has 0 saturated heterocycles. The molecular formula is C14H12N4O2. The summed E-state index contributed by atoms with van der Waals surface area (Å²) in [7, 11) is 3.01. The SMILES string of the molecule is COC(=O)C(C#N)=Cc1cn(C)nc1-c1ccncc1. The van der Waals surface area contributed by atoms with E-state index in [4.69, 9.17) is 5.26 Å². The zero-order chi connectivity index (χ0) is 14.5. The van der Waals surface area contributed by atoms with Gasteiger partial charge in [0.25, 0.3) is 0 Å². The molecule has 6 heteroatoms. The van der Waals surface area contributed by atoms with Gasteiger partial charge in [0.1, 0.15) is 11.6 Å². The topological polar surface area (TPSA) is 80.8 Å². The third-order valence-electron chi connectivity index (χ3n) is 2.64. The first-order valence-corrected chi connectivity index (χ1v) is 5.80. The molecule has 0 amide bonds. The number of hydrogen-bond acceptors (Lipinski definition) is 5. The zero-order valence-corrected chi connectivity index (χ0v) is 11.1. The molecular weight excluding hydrogens is 256 g/mol. The van der Waals surface area contributed by atoms with Gasteiger partial charge in [-0.3, -0.25) is 9.67 Å². The van der Waals surface area contributed by atoms with E-state index in [1.807, 2.05) is 18.2 Å². The predicted molar refractivity (Wildman–Crippen MR) is 72.0 cm³/mol. The second kappa shape index (κ2) is 5.80. The van der Waals surface area contributed by atoms with Crippen molar-refractivity contribution in [1.29, 1.82) is 5.26 Å². The lowest BCUT2D eigenvalue weighted by molar-refractivity contribution is -0.135. The maximum absolute atomic E-state index is 11.5. The van der Waals surface area contributed by atoms with Crippen LogP contribution in [0.25, 0.3) is 17.3 Å². The molecule has 0 fully saturated rings. The number of rotatable bonds is 3. The quantitative estimate of drug-likeness (QED) is 0.479. The number of aryl methyl sites for hydroxylation is 1. The Kier molecular flexibility index (Phi) is 3.91. The Morgan fingerprint density at radius 2 is 2.15 bits per heavy atom. The molecule has 0 aliphatic rings. The number of nitrogens with zero attached hydrogens (tertiary/aromatic N) is 4. The second-order valence-corrected chi connectivity index (χ2v) is 4.00. The standard InChI is InChI=1S/C14H12N4O2/c1-18-9-12(7-11(8-15)14(19)20-2)13(17-18)10-3-5-16-6-4-10/h3-7,9H,1-2H3. The van der Waals surface area contributed by atoms with Crippen LogP contribution in [0.4, 0.5) is 0 Å². The monoisotopic (exact) mass is 268 g/mol. The van der Waals surface area contributed by atoms with Gasteiger partial charge in [-0.05, 0) is 18.2 Å². The van der Waals surface area contributed by atoms with E-state index in [2.05, 4.69) is 14.8 Å². The molecule has 0 aliphatic heterocycles. The summed E-state index contributed by atoms with van der Waals surface area (Å²) in [6, 6.07) is 5.45. The van der Waals surface area contributed by atoms with E-state index < -0.39 is 5.97 Å². The van der Waals surface area contributed by atoms with Crippen LogP contribution in [0.5, 0.6) is 0 Å². The van der Waals surface area contributed by atoms with Gasteiger partial charge >= 0.3 is 5.97 Å². The maximum atomic E-state index is 11.5. The Morgan fingerprint density at radius 1 is 1.45 bits per heavy atom. The fraction of sp³-hybridized carbons (Fsp3) is 0.143. The minimum absolute atomic E-state index is 0.0733. The van der Waals surface area contributed by atoms with Crippen molar-refractivity contribution in [3.05, 3.63) is 41.9 Å². The van der Waals surface area contributed by atoms with Crippen molar-refractivity contribution in [3.8, 4) is 17.3 Å². The third-order valence-corrected chi connectivity index (χ3v) is 2.64. The number of ether oxygens (including phenoxy) is 1. The summed E-state index contributed by atoms with van der Waals surface area (Å²) in [5, 5.41) is 13.3. The van der Waals surface area contributed by atoms with Gasteiger partial charge in [0.2, 0.25) is 0 Å². The van der Waals surface area contributed by atoms with E-state index in [1.54, 1.807) is 30.3 Å². The Bertz CT molecular complexity index is 696. The highest BCUT2D eigenvalue weighted by Gasteiger charge is 2.13. The summed E-state index contributed by atoms with van der Waals surface area (Å²) >= 11 is 0. The number of carbonyl (C=O) groups is 1. The number of aromatic nitrogens is 3. The molecule has 20 heavy (non-hydrogen) atoms. The average molecular weight is 268 g/mol. The molecule has 100 valence electrons. The predicted octanol–water partition coefficient (Wildman–Crippen LogP) is 1.56. The molecule has 0 N–H and O–H groups in total. The Balaban J connectivity index is 2.51. The Hall–Kier alpha value is -2.94. The van der Waals surface area contributed by atoms with Crippen molar-refractivity contribution < 1.29 is 9.53 Å². The number of nitriles is 1. The van der Waals surface area contributed by atoms with E-state index in [0.717, 1.165) is 5.56 Å². The molecule has 0 atom stereocenters. The van der Waals surface area contributed by atoms with Gasteiger partial charge in [-0.2, -0.15) is 10.4 Å². The van der Waals surface area contributed by atoms with Crippen LogP contribution in [-0.2, 0) is 16.6 Å². The lowest BCUT2D eigenvalue weighted by Gasteiger charge is -1.99. The van der Waals surface area contributed by atoms with Gasteiger partial charge in [0.15, 0.2) is 0 Å². The number of methoxy groups -OCH3 is 1. The Labute approximate surface area is 115 Å². The van der Waals surface area contributed by atoms with Crippen LogP contribution in [0.1, 0.15) is 5.56 Å². The summed E-state index contributed by atoms with van der Waals surface area (Å²) in [4.78, 5) is 15.4. The highest BCUT2D eigenvalue weighted by molar-refractivity contribution is 5.98. The summed E-state index contributed by atoms with van der Waals surface area (Å²) < 4.78 is 6.18. The summed E-state index contributed by atoms with van der Waals surface area (Å²) in [6.45, 7) is 0. The molecule has 0 saturated carbocycles. The first kappa shape index (κ1) is 13.5. The molecule has 0 aromatic carbocycles. The molecule has 2 aromatic rings. The normalized spacial score (nSPS) is 10.9. The van der Waals surface area contributed by atoms with Gasteiger partial charge in [0, 0.05) is 36.8 Å². The first-order valence-electron chi connectivity index (χ1n) is 5.80. The van der Waals surface area contributed by atoms with Crippen LogP contribution in [0.2, 0.25) is 0 Å². The second-order valence-electron chi connectivity index (χ2n) is 4.00. The van der Waals surface area contributed by atoms with Crippen LogP contribution in [0, 0.1) is 11.3 Å². The number of carbonyl (C=O) groups excluding carboxylic acids is 1. The van der Waals surface area contributed by atoms with E-state index in [0.29, 0.717) is 11.3 Å². The third kappa shape index (κ3) is 2.72. The Morgan fingerprint density at radius 3 is 2.75 bits per heavy atom. The van der Waals surface area contributed by atoms with Crippen LogP contribution < -0.4 is 0 Å². The fourth-order valence-corrected chi connectivity index (χ4v) is 1.75. The van der Waals surface area contributed by atoms with Crippen LogP contribution in [0.3, 0.4) is 0 Å². The molecule has 2 rings (SSSR count). The number of pyridine rings is 1. The van der Waals surface area contributed by atoms with Crippen LogP contribution in [-0.4, -0.2) is 27.8 Å². The van der Waals surface area contributed by atoms with Crippen LogP contribution in [0.15, 0.2) is 36.3 Å². The average Bonchev–Trinajstić information content (AvgIpc) is 2.85. The molecule has 2 heterocycles. The number of hydrogen-bond donors (Lipinski definition) is 0. The molecule has 0 unspecified atom stereocenters. The molecule has 0 spiro atoms. The van der Waals surface area contributed by atoms with Crippen LogP contribution >= 0.6 is 0 Å². The van der Waals surface area contributed by atoms with E-state index in [9.17, 15) is 4.79 Å². The van der Waals surface area contributed by atoms with E-state index in [1.165, 1.54) is 13.2 Å². The highest BCUT2D eigenvalue weighted by atomic mass is 16.5. The van der Waals surface area contributed by atoms with Crippen molar-refractivity contribution in [2.75, 3.05) is 7.11 Å². The summed E-state index contributed by atoms with van der Waals surface area (Å²) in [6.07, 6.45) is 6.51. The van der Waals surface area contributed by atoms with Gasteiger partial charge in [-0.1, -0.05) is 0 Å². The zero-order valence-electron chi connectivity index (χ0n) is 11.1. The van der Waals surface area contributed by atoms with E-state index in [-0.39, 0.29) is 5.57 Å².